The number of ether oxygens (including phenoxy) is 3. The second-order valence-corrected chi connectivity index (χ2v) is 11.3. The molecule has 1 atom stereocenters. The number of rotatable bonds is 13. The lowest BCUT2D eigenvalue weighted by atomic mass is 9.82. The van der Waals surface area contributed by atoms with Gasteiger partial charge >= 0.3 is 5.97 Å². The summed E-state index contributed by atoms with van der Waals surface area (Å²) in [6.07, 6.45) is 7.18. The van der Waals surface area contributed by atoms with Crippen LogP contribution in [0.2, 0.25) is 5.02 Å². The average Bonchev–Trinajstić information content (AvgIpc) is 2.99. The quantitative estimate of drug-likeness (QED) is 0.282. The molecule has 3 heterocycles. The highest BCUT2D eigenvalue weighted by atomic mass is 35.5. The Bertz CT molecular complexity index is 1180. The Kier molecular flexibility index (Phi) is 11.6. The van der Waals surface area contributed by atoms with Crippen LogP contribution >= 0.6 is 11.6 Å². The number of nitriles is 1. The molecule has 10 nitrogen and oxygen atoms in total. The first-order chi connectivity index (χ1) is 19.9. The smallest absolute Gasteiger partial charge is 0.332 e. The van der Waals surface area contributed by atoms with Crippen molar-refractivity contribution in [2.24, 2.45) is 5.41 Å². The molecule has 0 unspecified atom stereocenters. The molecule has 0 bridgehead atoms. The summed E-state index contributed by atoms with van der Waals surface area (Å²) in [6, 6.07) is 11.1. The SMILES string of the molecule is CCOC(=O)COC[C@@H](C)NC1CCC(Nc2cc(-c3cccc(NCC4(C#N)CCOCC4)n3)c(Cl)cn2)CC1. The van der Waals surface area contributed by atoms with Gasteiger partial charge in [0.05, 0.1) is 35.4 Å². The molecule has 0 amide bonds. The van der Waals surface area contributed by atoms with Crippen molar-refractivity contribution in [2.45, 2.75) is 70.5 Å². The molecule has 222 valence electrons. The second kappa shape index (κ2) is 15.3. The minimum Gasteiger partial charge on any atom is -0.464 e. The van der Waals surface area contributed by atoms with E-state index < -0.39 is 5.41 Å². The van der Waals surface area contributed by atoms with Crippen LogP contribution in [0.3, 0.4) is 0 Å². The largest absolute Gasteiger partial charge is 0.464 e. The van der Waals surface area contributed by atoms with Crippen molar-refractivity contribution in [3.8, 4) is 17.3 Å². The summed E-state index contributed by atoms with van der Waals surface area (Å²) >= 11 is 6.55. The third-order valence-corrected chi connectivity index (χ3v) is 7.97. The van der Waals surface area contributed by atoms with Crippen LogP contribution in [0.1, 0.15) is 52.4 Å². The van der Waals surface area contributed by atoms with Gasteiger partial charge in [-0.1, -0.05) is 17.7 Å². The van der Waals surface area contributed by atoms with Crippen molar-refractivity contribution in [2.75, 3.05) is 50.2 Å². The van der Waals surface area contributed by atoms with Gasteiger partial charge in [-0.15, -0.1) is 0 Å². The molecular formula is C30H41ClN6O4. The summed E-state index contributed by atoms with van der Waals surface area (Å²) < 4.78 is 15.8. The molecule has 2 aliphatic rings. The van der Waals surface area contributed by atoms with Gasteiger partial charge in [-0.25, -0.2) is 14.8 Å². The van der Waals surface area contributed by atoms with E-state index in [1.54, 1.807) is 13.1 Å². The predicted octanol–water partition coefficient (Wildman–Crippen LogP) is 4.81. The van der Waals surface area contributed by atoms with Crippen LogP contribution < -0.4 is 16.0 Å². The van der Waals surface area contributed by atoms with Gasteiger partial charge in [-0.2, -0.15) is 5.26 Å². The molecule has 1 saturated heterocycles. The van der Waals surface area contributed by atoms with E-state index in [0.717, 1.165) is 42.8 Å². The zero-order valence-electron chi connectivity index (χ0n) is 24.0. The highest BCUT2D eigenvalue weighted by Gasteiger charge is 2.32. The molecule has 2 fully saturated rings. The van der Waals surface area contributed by atoms with E-state index >= 15 is 0 Å². The van der Waals surface area contributed by atoms with Crippen molar-refractivity contribution in [1.82, 2.24) is 15.3 Å². The summed E-state index contributed by atoms with van der Waals surface area (Å²) in [6.45, 7) is 6.41. The minimum absolute atomic E-state index is 0.0132. The van der Waals surface area contributed by atoms with Crippen molar-refractivity contribution >= 4 is 29.2 Å². The molecule has 4 rings (SSSR count). The summed E-state index contributed by atoms with van der Waals surface area (Å²) in [5, 5.41) is 20.8. The highest BCUT2D eigenvalue weighted by molar-refractivity contribution is 6.33. The zero-order chi connectivity index (χ0) is 29.1. The second-order valence-electron chi connectivity index (χ2n) is 10.9. The number of hydrogen-bond donors (Lipinski definition) is 3. The third-order valence-electron chi connectivity index (χ3n) is 7.67. The van der Waals surface area contributed by atoms with E-state index in [9.17, 15) is 10.1 Å². The van der Waals surface area contributed by atoms with E-state index in [1.165, 1.54) is 0 Å². The molecule has 1 aliphatic carbocycles. The average molecular weight is 585 g/mol. The standard InChI is InChI=1S/C30H41ClN6O4/c1-3-41-29(38)18-40-17-21(2)35-22-7-9-23(10-8-22)36-28-15-24(25(31)16-33-28)26-5-4-6-27(37-26)34-20-30(19-32)11-13-39-14-12-30/h4-6,15-16,21-23,35H,3,7-14,17-18,20H2,1-2H3,(H,33,36)(H,34,37)/t21-,22?,23?/m1/s1. The summed E-state index contributed by atoms with van der Waals surface area (Å²) in [5.74, 6) is 1.15. The van der Waals surface area contributed by atoms with Gasteiger partial charge in [0.2, 0.25) is 0 Å². The van der Waals surface area contributed by atoms with Crippen LogP contribution in [0.5, 0.6) is 0 Å². The fraction of sp³-hybridized carbons (Fsp3) is 0.600. The molecule has 1 aliphatic heterocycles. The Hall–Kier alpha value is -2.97. The van der Waals surface area contributed by atoms with Crippen LogP contribution in [0.15, 0.2) is 30.5 Å². The fourth-order valence-corrected chi connectivity index (χ4v) is 5.53. The molecular weight excluding hydrogens is 544 g/mol. The molecule has 1 saturated carbocycles. The summed E-state index contributed by atoms with van der Waals surface area (Å²) in [4.78, 5) is 20.7. The molecule has 41 heavy (non-hydrogen) atoms. The van der Waals surface area contributed by atoms with Gasteiger partial charge in [-0.05, 0) is 70.6 Å². The maximum atomic E-state index is 11.4. The van der Waals surface area contributed by atoms with Gasteiger partial charge in [0, 0.05) is 49.6 Å². The minimum atomic E-state index is -0.439. The van der Waals surface area contributed by atoms with Crippen LogP contribution in [-0.2, 0) is 19.0 Å². The predicted molar refractivity (Wildman–Crippen MR) is 159 cm³/mol. The van der Waals surface area contributed by atoms with E-state index in [-0.39, 0.29) is 18.6 Å². The Morgan fingerprint density at radius 1 is 1.22 bits per heavy atom. The van der Waals surface area contributed by atoms with E-state index in [2.05, 4.69) is 33.9 Å². The summed E-state index contributed by atoms with van der Waals surface area (Å²) in [5.41, 5.74) is 1.11. The van der Waals surface area contributed by atoms with Crippen molar-refractivity contribution in [3.63, 3.8) is 0 Å². The Morgan fingerprint density at radius 2 is 1.98 bits per heavy atom. The molecule has 2 aromatic rings. The van der Waals surface area contributed by atoms with Crippen LogP contribution in [0, 0.1) is 16.7 Å². The number of carbonyl (C=O) groups excluding carboxylic acids is 1. The zero-order valence-corrected chi connectivity index (χ0v) is 24.7. The molecule has 2 aromatic heterocycles. The van der Waals surface area contributed by atoms with Gasteiger partial charge in [0.15, 0.2) is 0 Å². The van der Waals surface area contributed by atoms with Gasteiger partial charge in [0.25, 0.3) is 0 Å². The van der Waals surface area contributed by atoms with Crippen LogP contribution in [0.25, 0.3) is 11.3 Å². The number of anilines is 2. The molecule has 0 radical (unpaired) electrons. The van der Waals surface area contributed by atoms with Gasteiger partial charge in [-0.3, -0.25) is 0 Å². The summed E-state index contributed by atoms with van der Waals surface area (Å²) in [7, 11) is 0. The van der Waals surface area contributed by atoms with Crippen LogP contribution in [-0.4, -0.2) is 73.6 Å². The first-order valence-corrected chi connectivity index (χ1v) is 14.9. The molecule has 0 aromatic carbocycles. The van der Waals surface area contributed by atoms with Crippen molar-refractivity contribution < 1.29 is 19.0 Å². The van der Waals surface area contributed by atoms with E-state index in [0.29, 0.717) is 68.7 Å². The third kappa shape index (κ3) is 9.27. The molecule has 0 spiro atoms. The Labute approximate surface area is 247 Å². The maximum Gasteiger partial charge on any atom is 0.332 e. The fourth-order valence-electron chi connectivity index (χ4n) is 5.33. The number of pyridine rings is 2. The number of halogens is 1. The number of carbonyl (C=O) groups is 1. The number of nitrogens with zero attached hydrogens (tertiary/aromatic N) is 3. The first kappa shape index (κ1) is 31.0. The molecule has 3 N–H and O–H groups in total. The maximum absolute atomic E-state index is 11.4. The highest BCUT2D eigenvalue weighted by Crippen LogP contribution is 2.32. The monoisotopic (exact) mass is 584 g/mol. The number of nitrogens with one attached hydrogen (secondary N) is 3. The van der Waals surface area contributed by atoms with Crippen molar-refractivity contribution in [3.05, 3.63) is 35.5 Å². The lowest BCUT2D eigenvalue weighted by molar-refractivity contribution is -0.148. The lowest BCUT2D eigenvalue weighted by Crippen LogP contribution is -2.43. The van der Waals surface area contributed by atoms with Gasteiger partial charge in [0.1, 0.15) is 18.2 Å². The van der Waals surface area contributed by atoms with E-state index in [1.807, 2.05) is 24.3 Å². The van der Waals surface area contributed by atoms with Crippen molar-refractivity contribution in [1.29, 1.82) is 5.26 Å². The molecule has 11 heteroatoms. The topological polar surface area (TPSA) is 130 Å². The lowest BCUT2D eigenvalue weighted by Gasteiger charge is -2.32. The van der Waals surface area contributed by atoms with Crippen LogP contribution in [0.4, 0.5) is 11.6 Å². The number of esters is 1. The first-order valence-electron chi connectivity index (χ1n) is 14.5. The van der Waals surface area contributed by atoms with Gasteiger partial charge < -0.3 is 30.2 Å². The Balaban J connectivity index is 1.28. The Morgan fingerprint density at radius 3 is 2.71 bits per heavy atom. The van der Waals surface area contributed by atoms with E-state index in [4.69, 9.17) is 30.8 Å². The normalized spacial score (nSPS) is 20.9. The number of aromatic nitrogens is 2. The number of hydrogen-bond acceptors (Lipinski definition) is 10.